The van der Waals surface area contributed by atoms with Crippen LogP contribution in [-0.2, 0) is 4.79 Å². The van der Waals surface area contributed by atoms with E-state index < -0.39 is 0 Å². The Hall–Kier alpha value is -2.00. The molecule has 0 aliphatic heterocycles. The number of ether oxygens (including phenoxy) is 1. The van der Waals surface area contributed by atoms with Crippen LogP contribution in [0.3, 0.4) is 0 Å². The van der Waals surface area contributed by atoms with Gasteiger partial charge in [-0.15, -0.1) is 0 Å². The number of aryl methyl sites for hydroxylation is 1. The van der Waals surface area contributed by atoms with E-state index >= 15 is 0 Å². The number of nitrogens with one attached hydrogen (secondary N) is 1. The van der Waals surface area contributed by atoms with Crippen molar-refractivity contribution >= 4 is 17.5 Å². The van der Waals surface area contributed by atoms with Crippen LogP contribution in [0.5, 0.6) is 5.75 Å². The number of rotatable bonds is 7. The second-order valence-electron chi connectivity index (χ2n) is 5.61. The van der Waals surface area contributed by atoms with Crippen molar-refractivity contribution in [1.82, 2.24) is 5.32 Å². The molecule has 4 heteroatoms. The first kappa shape index (κ1) is 17.4. The average molecular weight is 332 g/mol. The molecule has 0 radical (unpaired) electrons. The first-order chi connectivity index (χ1) is 11.0. The van der Waals surface area contributed by atoms with Crippen molar-refractivity contribution in [2.75, 3.05) is 6.61 Å². The second kappa shape index (κ2) is 8.59. The summed E-state index contributed by atoms with van der Waals surface area (Å²) in [6.07, 6.45) is 1.12. The lowest BCUT2D eigenvalue weighted by Crippen LogP contribution is -2.26. The first-order valence-electron chi connectivity index (χ1n) is 7.79. The topological polar surface area (TPSA) is 38.3 Å². The highest BCUT2D eigenvalue weighted by molar-refractivity contribution is 6.30. The van der Waals surface area contributed by atoms with E-state index in [1.54, 1.807) is 0 Å². The standard InChI is InChI=1S/C19H22ClNO2/c1-14-6-3-9-18(12-14)23-11-5-10-19(22)21-15(2)16-7-4-8-17(20)13-16/h3-4,6-9,12-13,15H,5,10-11H2,1-2H3,(H,21,22)/t15-/m1/s1. The molecule has 1 N–H and O–H groups in total. The van der Waals surface area contributed by atoms with E-state index in [0.717, 1.165) is 16.9 Å². The molecule has 0 aliphatic carbocycles. The maximum absolute atomic E-state index is 12.0. The van der Waals surface area contributed by atoms with Crippen LogP contribution in [0.4, 0.5) is 0 Å². The van der Waals surface area contributed by atoms with Gasteiger partial charge >= 0.3 is 0 Å². The van der Waals surface area contributed by atoms with Gasteiger partial charge in [-0.05, 0) is 55.7 Å². The van der Waals surface area contributed by atoms with Crippen molar-refractivity contribution in [1.29, 1.82) is 0 Å². The SMILES string of the molecule is Cc1cccc(OCCCC(=O)N[C@H](C)c2cccc(Cl)c2)c1. The van der Waals surface area contributed by atoms with Gasteiger partial charge < -0.3 is 10.1 Å². The van der Waals surface area contributed by atoms with Crippen LogP contribution in [0, 0.1) is 6.92 Å². The Bertz CT molecular complexity index is 657. The van der Waals surface area contributed by atoms with E-state index in [9.17, 15) is 4.79 Å². The van der Waals surface area contributed by atoms with Crippen molar-refractivity contribution < 1.29 is 9.53 Å². The monoisotopic (exact) mass is 331 g/mol. The summed E-state index contributed by atoms with van der Waals surface area (Å²) in [5.74, 6) is 0.864. The average Bonchev–Trinajstić information content (AvgIpc) is 2.51. The third-order valence-electron chi connectivity index (χ3n) is 3.53. The lowest BCUT2D eigenvalue weighted by molar-refractivity contribution is -0.121. The number of halogens is 1. The Morgan fingerprint density at radius 2 is 2.00 bits per heavy atom. The zero-order chi connectivity index (χ0) is 16.7. The molecule has 2 aromatic rings. The quantitative estimate of drug-likeness (QED) is 0.748. The van der Waals surface area contributed by atoms with Crippen LogP contribution in [-0.4, -0.2) is 12.5 Å². The van der Waals surface area contributed by atoms with Crippen LogP contribution in [0.1, 0.15) is 36.9 Å². The van der Waals surface area contributed by atoms with Gasteiger partial charge in [-0.25, -0.2) is 0 Å². The minimum absolute atomic E-state index is 0.0188. The van der Waals surface area contributed by atoms with E-state index in [1.165, 1.54) is 0 Å². The second-order valence-corrected chi connectivity index (χ2v) is 6.05. The number of carbonyl (C=O) groups excluding carboxylic acids is 1. The van der Waals surface area contributed by atoms with Crippen LogP contribution < -0.4 is 10.1 Å². The Morgan fingerprint density at radius 1 is 1.22 bits per heavy atom. The third-order valence-corrected chi connectivity index (χ3v) is 3.77. The lowest BCUT2D eigenvalue weighted by Gasteiger charge is -2.14. The van der Waals surface area contributed by atoms with Gasteiger partial charge in [-0.1, -0.05) is 35.9 Å². The zero-order valence-corrected chi connectivity index (χ0v) is 14.3. The molecular weight excluding hydrogens is 310 g/mol. The summed E-state index contributed by atoms with van der Waals surface area (Å²) in [7, 11) is 0. The molecule has 0 aromatic heterocycles. The molecular formula is C19H22ClNO2. The minimum atomic E-state index is -0.0566. The predicted molar refractivity (Wildman–Crippen MR) is 93.9 cm³/mol. The Labute approximate surface area is 142 Å². The van der Waals surface area contributed by atoms with Crippen molar-refractivity contribution in [2.45, 2.75) is 32.7 Å². The van der Waals surface area contributed by atoms with E-state index in [0.29, 0.717) is 24.5 Å². The molecule has 23 heavy (non-hydrogen) atoms. The van der Waals surface area contributed by atoms with E-state index in [4.69, 9.17) is 16.3 Å². The van der Waals surface area contributed by atoms with Crippen LogP contribution >= 0.6 is 11.6 Å². The molecule has 2 rings (SSSR count). The van der Waals surface area contributed by atoms with Crippen LogP contribution in [0.2, 0.25) is 5.02 Å². The number of carbonyl (C=O) groups is 1. The number of hydrogen-bond acceptors (Lipinski definition) is 2. The molecule has 0 saturated carbocycles. The molecule has 1 atom stereocenters. The predicted octanol–water partition coefficient (Wildman–Crippen LogP) is 4.68. The Balaban J connectivity index is 1.70. The maximum atomic E-state index is 12.0. The van der Waals surface area contributed by atoms with Crippen LogP contribution in [0.15, 0.2) is 48.5 Å². The van der Waals surface area contributed by atoms with Gasteiger partial charge in [-0.2, -0.15) is 0 Å². The fourth-order valence-corrected chi connectivity index (χ4v) is 2.50. The molecule has 0 fully saturated rings. The van der Waals surface area contributed by atoms with Gasteiger partial charge in [0.2, 0.25) is 5.91 Å². The molecule has 3 nitrogen and oxygen atoms in total. The molecule has 2 aromatic carbocycles. The van der Waals surface area contributed by atoms with E-state index in [-0.39, 0.29) is 11.9 Å². The van der Waals surface area contributed by atoms with Crippen molar-refractivity contribution in [2.24, 2.45) is 0 Å². The Morgan fingerprint density at radius 3 is 2.74 bits per heavy atom. The summed E-state index contributed by atoms with van der Waals surface area (Å²) in [6, 6.07) is 15.4. The third kappa shape index (κ3) is 5.95. The highest BCUT2D eigenvalue weighted by Gasteiger charge is 2.09. The maximum Gasteiger partial charge on any atom is 0.220 e. The summed E-state index contributed by atoms with van der Waals surface area (Å²) in [6.45, 7) is 4.51. The molecule has 0 aliphatic rings. The molecule has 122 valence electrons. The summed E-state index contributed by atoms with van der Waals surface area (Å²) in [4.78, 5) is 12.0. The normalized spacial score (nSPS) is 11.8. The molecule has 0 spiro atoms. The van der Waals surface area contributed by atoms with Gasteiger partial charge in [0.05, 0.1) is 12.6 Å². The lowest BCUT2D eigenvalue weighted by atomic mass is 10.1. The van der Waals surface area contributed by atoms with E-state index in [1.807, 2.05) is 62.4 Å². The van der Waals surface area contributed by atoms with Crippen molar-refractivity contribution in [3.05, 3.63) is 64.7 Å². The molecule has 0 heterocycles. The Kier molecular flexibility index (Phi) is 6.48. The zero-order valence-electron chi connectivity index (χ0n) is 13.5. The molecule has 0 saturated heterocycles. The smallest absolute Gasteiger partial charge is 0.220 e. The molecule has 1 amide bonds. The number of amides is 1. The van der Waals surface area contributed by atoms with Crippen LogP contribution in [0.25, 0.3) is 0 Å². The molecule has 0 unspecified atom stereocenters. The number of hydrogen-bond donors (Lipinski definition) is 1. The minimum Gasteiger partial charge on any atom is -0.494 e. The first-order valence-corrected chi connectivity index (χ1v) is 8.16. The summed E-state index contributed by atoms with van der Waals surface area (Å²) in [5, 5.41) is 3.65. The van der Waals surface area contributed by atoms with Crippen molar-refractivity contribution in [3.63, 3.8) is 0 Å². The largest absolute Gasteiger partial charge is 0.494 e. The highest BCUT2D eigenvalue weighted by atomic mass is 35.5. The van der Waals surface area contributed by atoms with Crippen molar-refractivity contribution in [3.8, 4) is 5.75 Å². The van der Waals surface area contributed by atoms with Gasteiger partial charge in [0, 0.05) is 11.4 Å². The summed E-state index contributed by atoms with van der Waals surface area (Å²) >= 11 is 5.97. The fourth-order valence-electron chi connectivity index (χ4n) is 2.30. The summed E-state index contributed by atoms with van der Waals surface area (Å²) < 4.78 is 5.65. The van der Waals surface area contributed by atoms with Gasteiger partial charge in [0.1, 0.15) is 5.75 Å². The van der Waals surface area contributed by atoms with Gasteiger partial charge in [0.15, 0.2) is 0 Å². The highest BCUT2D eigenvalue weighted by Crippen LogP contribution is 2.17. The number of benzene rings is 2. The van der Waals surface area contributed by atoms with E-state index in [2.05, 4.69) is 5.32 Å². The molecule has 0 bridgehead atoms. The van der Waals surface area contributed by atoms with Gasteiger partial charge in [0.25, 0.3) is 0 Å². The fraction of sp³-hybridized carbons (Fsp3) is 0.316. The van der Waals surface area contributed by atoms with Gasteiger partial charge in [-0.3, -0.25) is 4.79 Å². The summed E-state index contributed by atoms with van der Waals surface area (Å²) in [5.41, 5.74) is 2.16.